The zero-order chi connectivity index (χ0) is 12.5. The van der Waals surface area contributed by atoms with E-state index in [-0.39, 0.29) is 0 Å². The molecule has 2 N–H and O–H groups in total. The lowest BCUT2D eigenvalue weighted by Crippen LogP contribution is -2.31. The zero-order valence-corrected chi connectivity index (χ0v) is 11.5. The third-order valence-electron chi connectivity index (χ3n) is 3.76. The molecule has 1 aromatic heterocycles. The van der Waals surface area contributed by atoms with Crippen LogP contribution >= 0.6 is 11.3 Å². The molecule has 0 radical (unpaired) electrons. The number of nitrogens with one attached hydrogen (secondary N) is 2. The largest absolute Gasteiger partial charge is 0.317 e. The van der Waals surface area contributed by atoms with E-state index in [4.69, 9.17) is 5.41 Å². The van der Waals surface area contributed by atoms with Gasteiger partial charge in [-0.1, -0.05) is 17.4 Å². The summed E-state index contributed by atoms with van der Waals surface area (Å²) in [7, 11) is 0. The van der Waals surface area contributed by atoms with E-state index in [0.717, 1.165) is 25.6 Å². The van der Waals surface area contributed by atoms with E-state index in [1.54, 1.807) is 11.3 Å². The third kappa shape index (κ3) is 2.22. The molecule has 18 heavy (non-hydrogen) atoms. The fourth-order valence-corrected chi connectivity index (χ4v) is 3.72. The van der Waals surface area contributed by atoms with Crippen LogP contribution in [0.2, 0.25) is 0 Å². The van der Waals surface area contributed by atoms with Gasteiger partial charge >= 0.3 is 0 Å². The number of hydrogen-bond donors (Lipinski definition) is 2. The van der Waals surface area contributed by atoms with Gasteiger partial charge in [-0.05, 0) is 56.5 Å². The number of hydrogen-bond acceptors (Lipinski definition) is 3. The van der Waals surface area contributed by atoms with Crippen LogP contribution in [0.1, 0.15) is 18.4 Å². The summed E-state index contributed by atoms with van der Waals surface area (Å²) in [6.07, 6.45) is 2.46. The van der Waals surface area contributed by atoms with Crippen molar-refractivity contribution in [2.24, 2.45) is 5.92 Å². The summed E-state index contributed by atoms with van der Waals surface area (Å²) in [4.78, 5) is 0.689. The molecular formula is C14H19N3S. The van der Waals surface area contributed by atoms with Gasteiger partial charge in [0.25, 0.3) is 0 Å². The van der Waals surface area contributed by atoms with Crippen LogP contribution in [0, 0.1) is 18.3 Å². The second-order valence-electron chi connectivity index (χ2n) is 5.18. The van der Waals surface area contributed by atoms with Crippen LogP contribution < -0.4 is 10.1 Å². The minimum absolute atomic E-state index is 0.689. The van der Waals surface area contributed by atoms with E-state index in [2.05, 4.69) is 35.0 Å². The molecule has 3 nitrogen and oxygen atoms in total. The Hall–Kier alpha value is -1.13. The summed E-state index contributed by atoms with van der Waals surface area (Å²) >= 11 is 1.60. The van der Waals surface area contributed by atoms with E-state index < -0.39 is 0 Å². The predicted molar refractivity (Wildman–Crippen MR) is 76.0 cm³/mol. The smallest absolute Gasteiger partial charge is 0.182 e. The Bertz CT molecular complexity index is 605. The fraction of sp³-hybridized carbons (Fsp3) is 0.500. The second kappa shape index (κ2) is 4.86. The lowest BCUT2D eigenvalue weighted by atomic mass is 9.98. The van der Waals surface area contributed by atoms with Crippen molar-refractivity contribution in [1.82, 2.24) is 9.88 Å². The maximum Gasteiger partial charge on any atom is 0.182 e. The van der Waals surface area contributed by atoms with Crippen LogP contribution in [0.25, 0.3) is 10.2 Å². The molecule has 1 aromatic carbocycles. The molecule has 1 aliphatic heterocycles. The topological polar surface area (TPSA) is 40.8 Å². The minimum atomic E-state index is 0.689. The summed E-state index contributed by atoms with van der Waals surface area (Å²) in [5.41, 5.74) is 2.51. The number of piperidine rings is 1. The van der Waals surface area contributed by atoms with Crippen molar-refractivity contribution in [3.63, 3.8) is 0 Å². The third-order valence-corrected chi connectivity index (χ3v) is 4.72. The van der Waals surface area contributed by atoms with Crippen molar-refractivity contribution in [2.45, 2.75) is 26.3 Å². The molecule has 0 amide bonds. The van der Waals surface area contributed by atoms with Gasteiger partial charge in [-0.2, -0.15) is 0 Å². The molecule has 1 fully saturated rings. The standard InChI is InChI=1S/C14H19N3S/c1-10-2-3-12-13(8-10)18-14(15)17(12)9-11-4-6-16-7-5-11/h2-3,8,11,15-16H,4-7,9H2,1H3. The van der Waals surface area contributed by atoms with Crippen LogP contribution in [0.4, 0.5) is 0 Å². The van der Waals surface area contributed by atoms with Gasteiger partial charge in [0.15, 0.2) is 4.80 Å². The molecule has 0 saturated carbocycles. The van der Waals surface area contributed by atoms with Gasteiger partial charge in [-0.15, -0.1) is 0 Å². The Balaban J connectivity index is 1.95. The minimum Gasteiger partial charge on any atom is -0.317 e. The lowest BCUT2D eigenvalue weighted by molar-refractivity contribution is 0.334. The number of aryl methyl sites for hydroxylation is 1. The molecule has 1 saturated heterocycles. The Kier molecular flexibility index (Phi) is 3.22. The van der Waals surface area contributed by atoms with E-state index in [1.165, 1.54) is 28.6 Å². The van der Waals surface area contributed by atoms with Gasteiger partial charge < -0.3 is 9.88 Å². The normalized spacial score (nSPS) is 17.4. The van der Waals surface area contributed by atoms with Crippen molar-refractivity contribution < 1.29 is 0 Å². The molecule has 0 unspecified atom stereocenters. The number of thiazole rings is 1. The highest BCUT2D eigenvalue weighted by Gasteiger charge is 2.15. The Labute approximate surface area is 111 Å². The zero-order valence-electron chi connectivity index (χ0n) is 10.7. The van der Waals surface area contributed by atoms with Crippen LogP contribution in [-0.4, -0.2) is 17.7 Å². The average molecular weight is 261 g/mol. The quantitative estimate of drug-likeness (QED) is 0.857. The van der Waals surface area contributed by atoms with Crippen LogP contribution in [0.5, 0.6) is 0 Å². The molecule has 3 rings (SSSR count). The first-order chi connectivity index (χ1) is 8.74. The van der Waals surface area contributed by atoms with Crippen molar-refractivity contribution in [3.05, 3.63) is 28.6 Å². The van der Waals surface area contributed by atoms with Crippen molar-refractivity contribution in [2.75, 3.05) is 13.1 Å². The number of aromatic nitrogens is 1. The number of fused-ring (bicyclic) bond motifs is 1. The summed E-state index contributed by atoms with van der Waals surface area (Å²) in [5, 5.41) is 11.6. The van der Waals surface area contributed by atoms with E-state index >= 15 is 0 Å². The predicted octanol–water partition coefficient (Wildman–Crippen LogP) is 2.49. The van der Waals surface area contributed by atoms with Gasteiger partial charge in [0.05, 0.1) is 10.2 Å². The van der Waals surface area contributed by atoms with Crippen molar-refractivity contribution in [3.8, 4) is 0 Å². The summed E-state index contributed by atoms with van der Waals surface area (Å²) in [6.45, 7) is 5.36. The molecule has 0 aliphatic carbocycles. The lowest BCUT2D eigenvalue weighted by Gasteiger charge is -2.23. The highest BCUT2D eigenvalue weighted by atomic mass is 32.1. The van der Waals surface area contributed by atoms with Gasteiger partial charge in [0.1, 0.15) is 0 Å². The van der Waals surface area contributed by atoms with E-state index in [1.807, 2.05) is 0 Å². The average Bonchev–Trinajstić information content (AvgIpc) is 2.66. The molecule has 96 valence electrons. The second-order valence-corrected chi connectivity index (χ2v) is 6.21. The Morgan fingerprint density at radius 3 is 2.94 bits per heavy atom. The van der Waals surface area contributed by atoms with Crippen molar-refractivity contribution in [1.29, 1.82) is 5.41 Å². The first kappa shape index (κ1) is 11.9. The maximum atomic E-state index is 8.15. The molecule has 0 spiro atoms. The molecule has 0 bridgehead atoms. The number of benzene rings is 1. The van der Waals surface area contributed by atoms with E-state index in [0.29, 0.717) is 4.80 Å². The Morgan fingerprint density at radius 2 is 2.17 bits per heavy atom. The van der Waals surface area contributed by atoms with Gasteiger partial charge in [0.2, 0.25) is 0 Å². The molecule has 2 aromatic rings. The maximum absolute atomic E-state index is 8.15. The first-order valence-electron chi connectivity index (χ1n) is 6.59. The summed E-state index contributed by atoms with van der Waals surface area (Å²) in [5.74, 6) is 0.722. The van der Waals surface area contributed by atoms with Crippen LogP contribution in [0.15, 0.2) is 18.2 Å². The summed E-state index contributed by atoms with van der Waals surface area (Å²) in [6, 6.07) is 6.50. The van der Waals surface area contributed by atoms with Gasteiger partial charge in [0, 0.05) is 6.54 Å². The fourth-order valence-electron chi connectivity index (χ4n) is 2.70. The molecule has 2 heterocycles. The highest BCUT2D eigenvalue weighted by molar-refractivity contribution is 7.16. The van der Waals surface area contributed by atoms with Crippen LogP contribution in [0.3, 0.4) is 0 Å². The molecule has 1 aliphatic rings. The first-order valence-corrected chi connectivity index (χ1v) is 7.41. The SMILES string of the molecule is Cc1ccc2c(c1)sc(=N)n2CC1CCNCC1. The van der Waals surface area contributed by atoms with E-state index in [9.17, 15) is 0 Å². The van der Waals surface area contributed by atoms with Crippen molar-refractivity contribution >= 4 is 21.6 Å². The molecule has 0 atom stereocenters. The molecular weight excluding hydrogens is 242 g/mol. The van der Waals surface area contributed by atoms with Crippen LogP contribution in [-0.2, 0) is 6.54 Å². The summed E-state index contributed by atoms with van der Waals surface area (Å²) < 4.78 is 3.43. The number of rotatable bonds is 2. The van der Waals surface area contributed by atoms with Gasteiger partial charge in [-0.3, -0.25) is 5.41 Å². The van der Waals surface area contributed by atoms with Gasteiger partial charge in [-0.25, -0.2) is 0 Å². The monoisotopic (exact) mass is 261 g/mol. The Morgan fingerprint density at radius 1 is 1.39 bits per heavy atom. The highest BCUT2D eigenvalue weighted by Crippen LogP contribution is 2.21. The number of nitrogens with zero attached hydrogens (tertiary/aromatic N) is 1. The molecule has 4 heteroatoms.